The Morgan fingerprint density at radius 3 is 2.56 bits per heavy atom. The number of likely N-dealkylation sites (N-methyl/N-ethyl adjacent to an activating group) is 1. The number of allylic oxidation sites excluding steroid dienone is 1. The van der Waals surface area contributed by atoms with Gasteiger partial charge in [0.1, 0.15) is 0 Å². The molecule has 1 aliphatic heterocycles. The van der Waals surface area contributed by atoms with Gasteiger partial charge in [0.15, 0.2) is 0 Å². The van der Waals surface area contributed by atoms with Crippen LogP contribution in [0.15, 0.2) is 47.6 Å². The zero-order valence-corrected chi connectivity index (χ0v) is 16.5. The molecule has 0 saturated heterocycles. The van der Waals surface area contributed by atoms with Gasteiger partial charge in [-0.1, -0.05) is 17.7 Å². The minimum atomic E-state index is -0.956. The summed E-state index contributed by atoms with van der Waals surface area (Å²) in [6, 6.07) is 10.4. The Hall–Kier alpha value is -2.79. The third kappa shape index (κ3) is 3.83. The lowest BCUT2D eigenvalue weighted by atomic mass is 9.88. The van der Waals surface area contributed by atoms with Crippen LogP contribution in [0.2, 0.25) is 5.02 Å². The molecule has 0 unspecified atom stereocenters. The van der Waals surface area contributed by atoms with Crippen molar-refractivity contribution in [3.05, 3.63) is 64.2 Å². The van der Waals surface area contributed by atoms with E-state index in [0.29, 0.717) is 10.7 Å². The highest BCUT2D eigenvalue weighted by atomic mass is 35.5. The van der Waals surface area contributed by atoms with Gasteiger partial charge in [-0.3, -0.25) is 5.43 Å². The third-order valence-corrected chi connectivity index (χ3v) is 5.19. The molecular weight excluding hydrogens is 362 g/mol. The third-order valence-electron chi connectivity index (χ3n) is 4.86. The molecule has 2 aromatic carbocycles. The van der Waals surface area contributed by atoms with E-state index in [2.05, 4.69) is 49.3 Å². The van der Waals surface area contributed by atoms with Gasteiger partial charge in [0, 0.05) is 23.9 Å². The summed E-state index contributed by atoms with van der Waals surface area (Å²) >= 11 is 6.47. The summed E-state index contributed by atoms with van der Waals surface area (Å²) in [5, 5.41) is 13.8. The number of hydrogen-bond donors (Lipinski definition) is 2. The van der Waals surface area contributed by atoms with Crippen molar-refractivity contribution in [2.45, 2.75) is 26.3 Å². The number of hydrogen-bond acceptors (Lipinski definition) is 4. The zero-order valence-electron chi connectivity index (χ0n) is 15.7. The van der Waals surface area contributed by atoms with Crippen molar-refractivity contribution in [2.75, 3.05) is 17.4 Å². The minimum Gasteiger partial charge on any atom is -0.478 e. The van der Waals surface area contributed by atoms with Crippen molar-refractivity contribution in [1.82, 2.24) is 0 Å². The highest BCUT2D eigenvalue weighted by molar-refractivity contribution is 6.33. The van der Waals surface area contributed by atoms with Gasteiger partial charge in [-0.15, -0.1) is 0 Å². The van der Waals surface area contributed by atoms with Crippen LogP contribution < -0.4 is 10.3 Å². The van der Waals surface area contributed by atoms with E-state index in [-0.39, 0.29) is 11.1 Å². The maximum Gasteiger partial charge on any atom is 0.335 e. The van der Waals surface area contributed by atoms with Crippen LogP contribution >= 0.6 is 11.6 Å². The molecule has 2 N–H and O–H groups in total. The summed E-state index contributed by atoms with van der Waals surface area (Å²) in [5.74, 6) is -0.956. The summed E-state index contributed by atoms with van der Waals surface area (Å²) in [7, 11) is 2.06. The molecule has 5 nitrogen and oxygen atoms in total. The number of hydrazone groups is 1. The van der Waals surface area contributed by atoms with Crippen molar-refractivity contribution in [3.63, 3.8) is 0 Å². The fourth-order valence-corrected chi connectivity index (χ4v) is 3.36. The van der Waals surface area contributed by atoms with E-state index < -0.39 is 5.97 Å². The lowest BCUT2D eigenvalue weighted by molar-refractivity contribution is 0.0697. The second-order valence-corrected chi connectivity index (χ2v) is 7.59. The van der Waals surface area contributed by atoms with Crippen LogP contribution in [0.25, 0.3) is 5.57 Å². The molecule has 0 fully saturated rings. The summed E-state index contributed by atoms with van der Waals surface area (Å²) in [5.41, 5.74) is 8.00. The number of anilines is 2. The normalized spacial score (nSPS) is 15.4. The second kappa shape index (κ2) is 7.08. The zero-order chi connectivity index (χ0) is 19.8. The summed E-state index contributed by atoms with van der Waals surface area (Å²) in [6.45, 7) is 6.44. The van der Waals surface area contributed by atoms with E-state index >= 15 is 0 Å². The minimum absolute atomic E-state index is 0.0698. The molecule has 3 rings (SSSR count). The average molecular weight is 384 g/mol. The van der Waals surface area contributed by atoms with Crippen molar-refractivity contribution >= 4 is 40.7 Å². The van der Waals surface area contributed by atoms with Gasteiger partial charge in [0.05, 0.1) is 28.0 Å². The lowest BCUT2D eigenvalue weighted by Crippen LogP contribution is -2.42. The molecule has 0 spiro atoms. The molecule has 0 aliphatic carbocycles. The number of carboxylic acids is 1. The van der Waals surface area contributed by atoms with Gasteiger partial charge in [0.2, 0.25) is 0 Å². The maximum absolute atomic E-state index is 10.9. The Labute approximate surface area is 164 Å². The van der Waals surface area contributed by atoms with E-state index in [1.54, 1.807) is 18.3 Å². The van der Waals surface area contributed by atoms with Crippen molar-refractivity contribution < 1.29 is 9.90 Å². The van der Waals surface area contributed by atoms with Gasteiger partial charge in [0.25, 0.3) is 0 Å². The molecule has 2 aromatic rings. The molecule has 0 aromatic heterocycles. The lowest BCUT2D eigenvalue weighted by Gasteiger charge is -2.40. The molecular formula is C21H22ClN3O2. The van der Waals surface area contributed by atoms with Crippen molar-refractivity contribution in [3.8, 4) is 0 Å². The van der Waals surface area contributed by atoms with Crippen LogP contribution in [0.1, 0.15) is 42.3 Å². The average Bonchev–Trinajstić information content (AvgIpc) is 2.61. The van der Waals surface area contributed by atoms with Crippen LogP contribution in [0, 0.1) is 0 Å². The first-order valence-electron chi connectivity index (χ1n) is 8.59. The van der Waals surface area contributed by atoms with Crippen LogP contribution in [0.3, 0.4) is 0 Å². The Bertz CT molecular complexity index is 947. The summed E-state index contributed by atoms with van der Waals surface area (Å²) in [6.07, 6.45) is 3.91. The van der Waals surface area contributed by atoms with E-state index in [9.17, 15) is 4.79 Å². The van der Waals surface area contributed by atoms with Crippen molar-refractivity contribution in [2.24, 2.45) is 5.10 Å². The Morgan fingerprint density at radius 1 is 1.26 bits per heavy atom. The molecule has 0 bridgehead atoms. The standard InChI is InChI=1S/C21H22ClN3O2/c1-13-11-21(2,3)25(4)19-10-18(22)15(9-17(13)19)12-23-24-16-7-5-14(6-8-16)20(26)27/h5-12,24H,1-4H3,(H,26,27)/b23-12+. The predicted molar refractivity (Wildman–Crippen MR) is 112 cm³/mol. The van der Waals surface area contributed by atoms with Crippen LogP contribution in [0.4, 0.5) is 11.4 Å². The Morgan fingerprint density at radius 2 is 1.93 bits per heavy atom. The van der Waals surface area contributed by atoms with Gasteiger partial charge in [-0.25, -0.2) is 4.79 Å². The number of fused-ring (bicyclic) bond motifs is 1. The first-order chi connectivity index (χ1) is 12.7. The monoisotopic (exact) mass is 383 g/mol. The van der Waals surface area contributed by atoms with Gasteiger partial charge in [-0.2, -0.15) is 5.10 Å². The van der Waals surface area contributed by atoms with Gasteiger partial charge >= 0.3 is 5.97 Å². The molecule has 1 heterocycles. The van der Waals surface area contributed by atoms with Crippen LogP contribution in [-0.2, 0) is 0 Å². The first-order valence-corrected chi connectivity index (χ1v) is 8.96. The SMILES string of the molecule is CC1=CC(C)(C)N(C)c2cc(Cl)c(/C=N/Nc3ccc(C(=O)O)cc3)cc21. The van der Waals surface area contributed by atoms with E-state index in [1.807, 2.05) is 12.1 Å². The van der Waals surface area contributed by atoms with E-state index in [4.69, 9.17) is 16.7 Å². The molecule has 1 aliphatic rings. The quantitative estimate of drug-likeness (QED) is 0.568. The molecule has 0 saturated carbocycles. The first kappa shape index (κ1) is 19.0. The highest BCUT2D eigenvalue weighted by Gasteiger charge is 2.29. The number of carboxylic acid groups (broad SMARTS) is 1. The number of nitrogens with zero attached hydrogens (tertiary/aromatic N) is 2. The number of halogens is 1. The molecule has 0 radical (unpaired) electrons. The van der Waals surface area contributed by atoms with E-state index in [0.717, 1.165) is 16.8 Å². The smallest absolute Gasteiger partial charge is 0.335 e. The number of nitrogens with one attached hydrogen (secondary N) is 1. The van der Waals surface area contributed by atoms with E-state index in [1.165, 1.54) is 17.7 Å². The Kier molecular flexibility index (Phi) is 4.98. The fraction of sp³-hybridized carbons (Fsp3) is 0.238. The van der Waals surface area contributed by atoms with Crippen LogP contribution in [-0.4, -0.2) is 29.9 Å². The molecule has 27 heavy (non-hydrogen) atoms. The topological polar surface area (TPSA) is 64.9 Å². The number of aromatic carboxylic acids is 1. The largest absolute Gasteiger partial charge is 0.478 e. The maximum atomic E-state index is 10.9. The number of benzene rings is 2. The van der Waals surface area contributed by atoms with Crippen molar-refractivity contribution in [1.29, 1.82) is 0 Å². The molecule has 6 heteroatoms. The Balaban J connectivity index is 1.83. The molecule has 0 amide bonds. The predicted octanol–water partition coefficient (Wildman–Crippen LogP) is 5.12. The fourth-order valence-electron chi connectivity index (χ4n) is 3.15. The second-order valence-electron chi connectivity index (χ2n) is 7.18. The van der Waals surface area contributed by atoms with Crippen LogP contribution in [0.5, 0.6) is 0 Å². The van der Waals surface area contributed by atoms with Gasteiger partial charge < -0.3 is 10.0 Å². The number of carbonyl (C=O) groups is 1. The molecule has 140 valence electrons. The summed E-state index contributed by atoms with van der Waals surface area (Å²) in [4.78, 5) is 13.1. The summed E-state index contributed by atoms with van der Waals surface area (Å²) < 4.78 is 0. The highest BCUT2D eigenvalue weighted by Crippen LogP contribution is 2.40. The van der Waals surface area contributed by atoms with Gasteiger partial charge in [-0.05, 0) is 62.7 Å². The molecule has 0 atom stereocenters. The number of rotatable bonds is 4.